The van der Waals surface area contributed by atoms with Gasteiger partial charge in [0.15, 0.2) is 9.84 Å². The quantitative estimate of drug-likeness (QED) is 0.640. The Labute approximate surface area is 172 Å². The molecule has 0 radical (unpaired) electrons. The Morgan fingerprint density at radius 2 is 2.07 bits per heavy atom. The van der Waals surface area contributed by atoms with Gasteiger partial charge in [-0.15, -0.1) is 11.3 Å². The van der Waals surface area contributed by atoms with Crippen LogP contribution in [-0.4, -0.2) is 23.2 Å². The van der Waals surface area contributed by atoms with Gasteiger partial charge in [-0.25, -0.2) is 17.8 Å². The van der Waals surface area contributed by atoms with Crippen molar-refractivity contribution >= 4 is 32.7 Å². The fourth-order valence-corrected chi connectivity index (χ4v) is 5.51. The highest BCUT2D eigenvalue weighted by Crippen LogP contribution is 2.34. The van der Waals surface area contributed by atoms with Crippen molar-refractivity contribution in [2.24, 2.45) is 7.05 Å². The first-order chi connectivity index (χ1) is 13.8. The molecule has 1 saturated carbocycles. The van der Waals surface area contributed by atoms with E-state index in [-0.39, 0.29) is 28.1 Å². The maximum absolute atomic E-state index is 14.4. The average Bonchev–Trinajstić information content (AvgIpc) is 3.40. The van der Waals surface area contributed by atoms with Crippen LogP contribution in [0, 0.1) is 12.7 Å². The van der Waals surface area contributed by atoms with Gasteiger partial charge in [0.1, 0.15) is 11.6 Å². The van der Waals surface area contributed by atoms with E-state index in [9.17, 15) is 17.6 Å². The predicted octanol–water partition coefficient (Wildman–Crippen LogP) is 3.78. The summed E-state index contributed by atoms with van der Waals surface area (Å²) in [5.74, 6) is -0.434. The molecule has 0 atom stereocenters. The van der Waals surface area contributed by atoms with Crippen LogP contribution in [0.4, 0.5) is 15.9 Å². The number of aryl methyl sites for hydroxylation is 1. The monoisotopic (exact) mass is 433 g/mol. The molecule has 1 aromatic carbocycles. The number of nitrogens with zero attached hydrogens (tertiary/aromatic N) is 2. The van der Waals surface area contributed by atoms with Crippen LogP contribution in [0.25, 0.3) is 11.3 Å². The Morgan fingerprint density at radius 3 is 2.69 bits per heavy atom. The minimum atomic E-state index is -3.35. The van der Waals surface area contributed by atoms with Crippen molar-refractivity contribution in [3.63, 3.8) is 0 Å². The van der Waals surface area contributed by atoms with E-state index in [1.165, 1.54) is 22.0 Å². The number of hydrogen-bond donors (Lipinski definition) is 1. The SMILES string of the molecule is Cc1ccc(Nc2c(CS(=O)(=O)C3CC3)cc(-c3cscn3)c(=O)n2C)c(F)c1. The van der Waals surface area contributed by atoms with E-state index in [4.69, 9.17) is 0 Å². The second-order valence-electron chi connectivity index (χ2n) is 7.28. The lowest BCUT2D eigenvalue weighted by molar-refractivity contribution is 0.594. The number of anilines is 2. The van der Waals surface area contributed by atoms with Crippen LogP contribution in [0.5, 0.6) is 0 Å². The molecular weight excluding hydrogens is 413 g/mol. The zero-order valence-corrected chi connectivity index (χ0v) is 17.6. The lowest BCUT2D eigenvalue weighted by atomic mass is 10.1. The fourth-order valence-electron chi connectivity index (χ4n) is 3.22. The summed E-state index contributed by atoms with van der Waals surface area (Å²) in [5, 5.41) is 4.33. The summed E-state index contributed by atoms with van der Waals surface area (Å²) in [4.78, 5) is 17.1. The van der Waals surface area contributed by atoms with Crippen molar-refractivity contribution in [1.82, 2.24) is 9.55 Å². The second kappa shape index (κ2) is 7.38. The van der Waals surface area contributed by atoms with E-state index in [0.29, 0.717) is 29.7 Å². The van der Waals surface area contributed by atoms with Crippen LogP contribution >= 0.6 is 11.3 Å². The lowest BCUT2D eigenvalue weighted by Gasteiger charge is -2.18. The molecule has 2 aromatic heterocycles. The summed E-state index contributed by atoms with van der Waals surface area (Å²) in [7, 11) is -1.81. The molecule has 0 unspecified atom stereocenters. The molecule has 9 heteroatoms. The maximum atomic E-state index is 14.4. The van der Waals surface area contributed by atoms with Crippen molar-refractivity contribution in [2.45, 2.75) is 30.8 Å². The van der Waals surface area contributed by atoms with Gasteiger partial charge in [0.2, 0.25) is 0 Å². The first-order valence-electron chi connectivity index (χ1n) is 9.12. The number of thiazole rings is 1. The zero-order chi connectivity index (χ0) is 20.8. The smallest absolute Gasteiger partial charge is 0.261 e. The molecule has 1 N–H and O–H groups in total. The molecule has 0 bridgehead atoms. The van der Waals surface area contributed by atoms with E-state index >= 15 is 0 Å². The van der Waals surface area contributed by atoms with Crippen molar-refractivity contribution in [3.8, 4) is 11.3 Å². The lowest BCUT2D eigenvalue weighted by Crippen LogP contribution is -2.24. The first-order valence-corrected chi connectivity index (χ1v) is 11.8. The van der Waals surface area contributed by atoms with Gasteiger partial charge < -0.3 is 5.32 Å². The fraction of sp³-hybridized carbons (Fsp3) is 0.300. The highest BCUT2D eigenvalue weighted by Gasteiger charge is 2.36. The first kappa shape index (κ1) is 19.8. The number of benzene rings is 1. The van der Waals surface area contributed by atoms with Crippen LogP contribution in [0.1, 0.15) is 24.0 Å². The molecular formula is C20H20FN3O3S2. The highest BCUT2D eigenvalue weighted by atomic mass is 32.2. The summed E-state index contributed by atoms with van der Waals surface area (Å²) in [6, 6.07) is 6.26. The van der Waals surface area contributed by atoms with Crippen LogP contribution in [0.2, 0.25) is 0 Å². The molecule has 2 heterocycles. The van der Waals surface area contributed by atoms with Gasteiger partial charge in [-0.1, -0.05) is 6.07 Å². The van der Waals surface area contributed by atoms with Gasteiger partial charge in [0.05, 0.1) is 33.5 Å². The Balaban J connectivity index is 1.85. The van der Waals surface area contributed by atoms with Gasteiger partial charge in [0.25, 0.3) is 5.56 Å². The summed E-state index contributed by atoms with van der Waals surface area (Å²) in [6.45, 7) is 1.78. The van der Waals surface area contributed by atoms with E-state index in [1.807, 2.05) is 0 Å². The molecule has 0 saturated heterocycles. The molecule has 152 valence electrons. The number of pyridine rings is 1. The molecule has 1 aliphatic rings. The maximum Gasteiger partial charge on any atom is 0.261 e. The number of aromatic nitrogens is 2. The average molecular weight is 434 g/mol. The van der Waals surface area contributed by atoms with Gasteiger partial charge in [0, 0.05) is 18.0 Å². The third-order valence-corrected chi connectivity index (χ3v) is 7.76. The number of sulfone groups is 1. The summed E-state index contributed by atoms with van der Waals surface area (Å²) in [5.41, 5.74) is 3.46. The third kappa shape index (κ3) is 3.97. The van der Waals surface area contributed by atoms with E-state index < -0.39 is 15.7 Å². The van der Waals surface area contributed by atoms with E-state index in [0.717, 1.165) is 5.56 Å². The number of nitrogens with one attached hydrogen (secondary N) is 1. The standard InChI is InChI=1S/C20H20FN3O3S2/c1-12-3-6-17(16(21)7-12)23-19-13(10-29(26,27)14-4-5-14)8-15(20(25)24(19)2)18-9-28-11-22-18/h3,6-9,11,14,23H,4-5,10H2,1-2H3. The van der Waals surface area contributed by atoms with Crippen LogP contribution in [-0.2, 0) is 22.6 Å². The van der Waals surface area contributed by atoms with Crippen LogP contribution in [0.3, 0.4) is 0 Å². The van der Waals surface area contributed by atoms with Crippen molar-refractivity contribution in [1.29, 1.82) is 0 Å². The Bertz CT molecular complexity index is 1230. The summed E-state index contributed by atoms with van der Waals surface area (Å²) in [6.07, 6.45) is 1.31. The highest BCUT2D eigenvalue weighted by molar-refractivity contribution is 7.91. The largest absolute Gasteiger partial charge is 0.339 e. The van der Waals surface area contributed by atoms with Crippen molar-refractivity contribution < 1.29 is 12.8 Å². The van der Waals surface area contributed by atoms with E-state index in [2.05, 4.69) is 10.3 Å². The van der Waals surface area contributed by atoms with Crippen molar-refractivity contribution in [3.05, 3.63) is 62.5 Å². The number of halogens is 1. The van der Waals surface area contributed by atoms with Gasteiger partial charge in [-0.3, -0.25) is 9.36 Å². The van der Waals surface area contributed by atoms with Crippen molar-refractivity contribution in [2.75, 3.05) is 5.32 Å². The Hall–Kier alpha value is -2.52. The molecule has 6 nitrogen and oxygen atoms in total. The second-order valence-corrected chi connectivity index (χ2v) is 10.3. The summed E-state index contributed by atoms with van der Waals surface area (Å²) < 4.78 is 41.1. The molecule has 0 spiro atoms. The molecule has 1 fully saturated rings. The Kier molecular flexibility index (Phi) is 5.04. The minimum absolute atomic E-state index is 0.178. The zero-order valence-electron chi connectivity index (χ0n) is 16.0. The summed E-state index contributed by atoms with van der Waals surface area (Å²) >= 11 is 1.35. The topological polar surface area (TPSA) is 81.1 Å². The van der Waals surface area contributed by atoms with Gasteiger partial charge in [-0.2, -0.15) is 0 Å². The molecule has 4 rings (SSSR count). The number of rotatable bonds is 6. The molecule has 29 heavy (non-hydrogen) atoms. The Morgan fingerprint density at radius 1 is 1.31 bits per heavy atom. The minimum Gasteiger partial charge on any atom is -0.339 e. The van der Waals surface area contributed by atoms with Crippen LogP contribution in [0.15, 0.2) is 40.0 Å². The third-order valence-electron chi connectivity index (χ3n) is 4.97. The molecule has 1 aliphatic carbocycles. The molecule has 0 aliphatic heterocycles. The normalized spacial score (nSPS) is 14.2. The predicted molar refractivity (Wildman–Crippen MR) is 113 cm³/mol. The van der Waals surface area contributed by atoms with Crippen LogP contribution < -0.4 is 10.9 Å². The van der Waals surface area contributed by atoms with Gasteiger partial charge in [-0.05, 0) is 43.5 Å². The number of hydrogen-bond acceptors (Lipinski definition) is 6. The van der Waals surface area contributed by atoms with E-state index in [1.54, 1.807) is 43.1 Å². The molecule has 0 amide bonds. The van der Waals surface area contributed by atoms with Gasteiger partial charge >= 0.3 is 0 Å². The molecule has 3 aromatic rings.